The molecule has 8 atom stereocenters. The van der Waals surface area contributed by atoms with Gasteiger partial charge in [-0.25, -0.2) is 23.2 Å². The van der Waals surface area contributed by atoms with Crippen LogP contribution in [0.2, 0.25) is 0 Å². The molecular weight excluding hydrogens is 422 g/mol. The van der Waals surface area contributed by atoms with Crippen LogP contribution < -0.4 is 26.2 Å². The minimum Gasteiger partial charge on any atom is -0.365 e. The van der Waals surface area contributed by atoms with Crippen LogP contribution in [0.1, 0.15) is 19.3 Å². The molecule has 0 aliphatic carbocycles. The van der Waals surface area contributed by atoms with Crippen LogP contribution in [0.5, 0.6) is 0 Å². The number of methoxy groups -OCH3 is 1. The largest absolute Gasteiger partial charge is 0.365 e. The summed E-state index contributed by atoms with van der Waals surface area (Å²) in [7, 11) is 0.0983. The van der Waals surface area contributed by atoms with Gasteiger partial charge in [0.1, 0.15) is 12.5 Å². The van der Waals surface area contributed by atoms with Gasteiger partial charge in [0, 0.05) is 70.8 Å². The van der Waals surface area contributed by atoms with Gasteiger partial charge in [0.2, 0.25) is 10.0 Å². The third-order valence-corrected chi connectivity index (χ3v) is 9.64. The summed E-state index contributed by atoms with van der Waals surface area (Å²) in [5.74, 6) is 0.683. The molecule has 5 aliphatic rings. The van der Waals surface area contributed by atoms with E-state index in [0.29, 0.717) is 24.8 Å². The number of sulfonamides is 1. The van der Waals surface area contributed by atoms with Gasteiger partial charge in [-0.05, 0) is 19.3 Å². The molecule has 5 rings (SSSR count). The normalized spacial score (nSPS) is 44.8. The highest BCUT2D eigenvalue weighted by atomic mass is 32.2. The highest BCUT2D eigenvalue weighted by molar-refractivity contribution is 7.90. The van der Waals surface area contributed by atoms with E-state index < -0.39 is 15.3 Å². The van der Waals surface area contributed by atoms with Crippen molar-refractivity contribution in [3.8, 4) is 0 Å². The zero-order valence-corrected chi connectivity index (χ0v) is 19.2. The van der Waals surface area contributed by atoms with Gasteiger partial charge in [-0.3, -0.25) is 16.2 Å². The second-order valence-corrected chi connectivity index (χ2v) is 11.5. The minimum atomic E-state index is -3.50. The zero-order chi connectivity index (χ0) is 21.6. The lowest BCUT2D eigenvalue weighted by Gasteiger charge is -2.42. The number of hydrogen-bond donors (Lipinski definition) is 5. The number of likely N-dealkylation sites (N-methyl/N-ethyl adjacent to an activating group) is 1. The van der Waals surface area contributed by atoms with Crippen molar-refractivity contribution < 1.29 is 17.9 Å². The van der Waals surface area contributed by atoms with Gasteiger partial charge in [0.25, 0.3) is 0 Å². The van der Waals surface area contributed by atoms with Crippen molar-refractivity contribution >= 4 is 10.0 Å². The second-order valence-electron chi connectivity index (χ2n) is 9.53. The summed E-state index contributed by atoms with van der Waals surface area (Å²) in [6, 6.07) is -0.0105. The van der Waals surface area contributed by atoms with Crippen LogP contribution in [0.25, 0.3) is 0 Å². The molecule has 0 amide bonds. The maximum atomic E-state index is 13.3. The topological polar surface area (TPSA) is 119 Å². The summed E-state index contributed by atoms with van der Waals surface area (Å²) in [6.07, 6.45) is 2.27. The molecule has 0 bridgehead atoms. The second kappa shape index (κ2) is 9.09. The van der Waals surface area contributed by atoms with Crippen LogP contribution in [-0.4, -0.2) is 108 Å². The molecule has 5 saturated heterocycles. The highest BCUT2D eigenvalue weighted by Gasteiger charge is 2.48. The Bertz CT molecular complexity index is 735. The fourth-order valence-corrected chi connectivity index (χ4v) is 7.68. The van der Waals surface area contributed by atoms with Gasteiger partial charge in [-0.1, -0.05) is 0 Å². The summed E-state index contributed by atoms with van der Waals surface area (Å²) in [5, 5.41) is 10.7. The first-order chi connectivity index (χ1) is 15.0. The van der Waals surface area contributed by atoms with E-state index in [1.54, 1.807) is 7.11 Å². The average Bonchev–Trinajstić information content (AvgIpc) is 3.38. The lowest BCUT2D eigenvalue weighted by molar-refractivity contribution is -0.111. The summed E-state index contributed by atoms with van der Waals surface area (Å²) < 4.78 is 41.3. The standard InChI is InChI=1S/C19H37N7O4S/c1-25-17-12(9-22-25)8-21-18(29-2)16(17)24-31(27,28)13-4-5-15(20-10-13)14-11-23-26-6-3-7-30-19(14)26/h12-24H,3-11H2,1-2H3. The van der Waals surface area contributed by atoms with Crippen LogP contribution >= 0.6 is 0 Å². The summed E-state index contributed by atoms with van der Waals surface area (Å²) in [6.45, 7) is 4.80. The van der Waals surface area contributed by atoms with E-state index in [-0.39, 0.29) is 30.6 Å². The monoisotopic (exact) mass is 459 g/mol. The molecular formula is C19H37N7O4S. The highest BCUT2D eigenvalue weighted by Crippen LogP contribution is 2.30. The van der Waals surface area contributed by atoms with Crippen molar-refractivity contribution in [3.63, 3.8) is 0 Å². The molecule has 0 aromatic rings. The molecule has 0 spiro atoms. The van der Waals surface area contributed by atoms with Gasteiger partial charge >= 0.3 is 0 Å². The van der Waals surface area contributed by atoms with Crippen LogP contribution in [0.4, 0.5) is 0 Å². The van der Waals surface area contributed by atoms with Crippen molar-refractivity contribution in [1.29, 1.82) is 0 Å². The smallest absolute Gasteiger partial charge is 0.216 e. The average molecular weight is 460 g/mol. The third-order valence-electron chi connectivity index (χ3n) is 7.76. The molecule has 0 radical (unpaired) electrons. The van der Waals surface area contributed by atoms with E-state index in [1.165, 1.54) is 0 Å². The number of hydrogen-bond acceptors (Lipinski definition) is 10. The van der Waals surface area contributed by atoms with Crippen molar-refractivity contribution in [2.24, 2.45) is 11.8 Å². The Kier molecular flexibility index (Phi) is 6.56. The SMILES string of the molecule is COC1NCC2CNN(C)C2C1NS(=O)(=O)C1CCC(C2CNN3CCCOC23)NC1. The lowest BCUT2D eigenvalue weighted by atomic mass is 9.90. The fraction of sp³-hybridized carbons (Fsp3) is 1.00. The molecule has 8 unspecified atom stereocenters. The Morgan fingerprint density at radius 1 is 1.10 bits per heavy atom. The number of ether oxygens (including phenoxy) is 2. The van der Waals surface area contributed by atoms with Crippen LogP contribution in [0.3, 0.4) is 0 Å². The number of fused-ring (bicyclic) bond motifs is 2. The molecule has 178 valence electrons. The van der Waals surface area contributed by atoms with Gasteiger partial charge < -0.3 is 14.8 Å². The molecule has 31 heavy (non-hydrogen) atoms. The molecule has 12 heteroatoms. The molecule has 5 fully saturated rings. The van der Waals surface area contributed by atoms with E-state index in [9.17, 15) is 8.42 Å². The minimum absolute atomic E-state index is 0.0595. The maximum absolute atomic E-state index is 13.3. The van der Waals surface area contributed by atoms with E-state index in [4.69, 9.17) is 9.47 Å². The van der Waals surface area contributed by atoms with Crippen molar-refractivity contribution in [1.82, 2.24) is 36.2 Å². The molecule has 5 heterocycles. The Labute approximate surface area is 184 Å². The van der Waals surface area contributed by atoms with Gasteiger partial charge in [-0.15, -0.1) is 0 Å². The van der Waals surface area contributed by atoms with Gasteiger partial charge in [-0.2, -0.15) is 0 Å². The quantitative estimate of drug-likeness (QED) is 0.304. The number of hydrazine groups is 2. The maximum Gasteiger partial charge on any atom is 0.216 e. The van der Waals surface area contributed by atoms with E-state index in [1.807, 2.05) is 12.1 Å². The van der Waals surface area contributed by atoms with Crippen LogP contribution in [-0.2, 0) is 19.5 Å². The van der Waals surface area contributed by atoms with Gasteiger partial charge in [0.05, 0.1) is 17.9 Å². The molecule has 0 saturated carbocycles. The van der Waals surface area contributed by atoms with Gasteiger partial charge in [0.15, 0.2) is 0 Å². The first kappa shape index (κ1) is 22.4. The first-order valence-electron chi connectivity index (χ1n) is 11.6. The Morgan fingerprint density at radius 2 is 1.97 bits per heavy atom. The number of piperidine rings is 2. The number of nitrogens with one attached hydrogen (secondary N) is 5. The molecule has 0 aromatic carbocycles. The van der Waals surface area contributed by atoms with Crippen molar-refractivity contribution in [3.05, 3.63) is 0 Å². The Morgan fingerprint density at radius 3 is 2.74 bits per heavy atom. The fourth-order valence-electron chi connectivity index (χ4n) is 6.08. The lowest BCUT2D eigenvalue weighted by Crippen LogP contribution is -2.67. The van der Waals surface area contributed by atoms with Crippen molar-refractivity contribution in [2.75, 3.05) is 53.5 Å². The predicted octanol–water partition coefficient (Wildman–Crippen LogP) is -2.41. The number of nitrogens with zero attached hydrogens (tertiary/aromatic N) is 2. The van der Waals surface area contributed by atoms with Crippen LogP contribution in [0, 0.1) is 11.8 Å². The zero-order valence-electron chi connectivity index (χ0n) is 18.4. The van der Waals surface area contributed by atoms with E-state index >= 15 is 0 Å². The molecule has 11 nitrogen and oxygen atoms in total. The van der Waals surface area contributed by atoms with Crippen LogP contribution in [0.15, 0.2) is 0 Å². The Hall–Kier alpha value is -0.410. The Balaban J connectivity index is 1.21. The summed E-state index contributed by atoms with van der Waals surface area (Å²) in [5.41, 5.74) is 6.77. The first-order valence-corrected chi connectivity index (χ1v) is 13.1. The molecule has 5 N–H and O–H groups in total. The van der Waals surface area contributed by atoms with Crippen molar-refractivity contribution in [2.45, 2.75) is 55.1 Å². The van der Waals surface area contributed by atoms with E-state index in [0.717, 1.165) is 45.6 Å². The third kappa shape index (κ3) is 4.27. The predicted molar refractivity (Wildman–Crippen MR) is 115 cm³/mol. The molecule has 5 aliphatic heterocycles. The van der Waals surface area contributed by atoms with E-state index in [2.05, 4.69) is 31.2 Å². The molecule has 0 aromatic heterocycles. The number of rotatable bonds is 5. The summed E-state index contributed by atoms with van der Waals surface area (Å²) >= 11 is 0. The summed E-state index contributed by atoms with van der Waals surface area (Å²) in [4.78, 5) is 0.